The fourth-order valence-corrected chi connectivity index (χ4v) is 8.05. The predicted octanol–water partition coefficient (Wildman–Crippen LogP) is 11.0. The minimum absolute atomic E-state index is 0.286. The summed E-state index contributed by atoms with van der Waals surface area (Å²) in [5, 5.41) is 0. The highest BCUT2D eigenvalue weighted by atomic mass is 16.6. The Morgan fingerprint density at radius 2 is 0.676 bits per heavy atom. The molecule has 12 nitrogen and oxygen atoms in total. The summed E-state index contributed by atoms with van der Waals surface area (Å²) in [5.74, 6) is 1.61. The molecular formula is C56H64N2O10. The third-order valence-corrected chi connectivity index (χ3v) is 12.4. The molecule has 0 spiro atoms. The Morgan fingerprint density at radius 1 is 0.382 bits per heavy atom. The topological polar surface area (TPSA) is 98.8 Å². The molecule has 0 radical (unpaired) electrons. The summed E-state index contributed by atoms with van der Waals surface area (Å²) in [6.07, 6.45) is 1.62. The SMILES string of the molecule is COc1ccc(N(c2ccc(COCCCOCC3(OC)COC3)cc2)c2ccc(-c3ccc(N(c4ccc(COCCCOCC5(OC)COC5)cc4)c4ccc(OC)cc4)cc3)cc2)cc1. The average Bonchev–Trinajstić information content (AvgIpc) is 3.36. The monoisotopic (exact) mass is 924 g/mol. The standard InChI is InChI=1S/C56H64N2O10/c1-59-53-27-23-51(24-28-53)57(47-15-7-43(8-16-47)35-63-31-5-33-65-37-55(61-3)39-67-40-55)49-19-11-45(12-20-49)46-13-21-50(22-14-46)58(52-25-29-54(60-2)30-26-52)48-17-9-44(10-18-48)36-64-32-6-34-66-38-56(62-4)41-68-42-56/h7-30H,5-6,31-42H2,1-4H3. The molecule has 0 N–H and O–H groups in total. The van der Waals surface area contributed by atoms with Gasteiger partial charge >= 0.3 is 0 Å². The lowest BCUT2D eigenvalue weighted by molar-refractivity contribution is -0.220. The van der Waals surface area contributed by atoms with Gasteiger partial charge in [-0.15, -0.1) is 0 Å². The minimum atomic E-state index is -0.286. The Bertz CT molecular complexity index is 2220. The van der Waals surface area contributed by atoms with Gasteiger partial charge in [0.25, 0.3) is 0 Å². The molecule has 2 fully saturated rings. The molecule has 0 aliphatic carbocycles. The second kappa shape index (κ2) is 24.0. The van der Waals surface area contributed by atoms with Crippen LogP contribution < -0.4 is 19.3 Å². The van der Waals surface area contributed by atoms with E-state index < -0.39 is 0 Å². The summed E-state index contributed by atoms with van der Waals surface area (Å²) in [7, 11) is 6.78. The average molecular weight is 925 g/mol. The van der Waals surface area contributed by atoms with Gasteiger partial charge in [0.15, 0.2) is 0 Å². The maximum Gasteiger partial charge on any atom is 0.137 e. The highest BCUT2D eigenvalue weighted by Gasteiger charge is 2.39. The first-order valence-corrected chi connectivity index (χ1v) is 23.3. The molecule has 0 aromatic heterocycles. The van der Waals surface area contributed by atoms with Crippen molar-refractivity contribution in [2.45, 2.75) is 37.3 Å². The number of hydrogen-bond acceptors (Lipinski definition) is 12. The molecule has 0 amide bonds. The van der Waals surface area contributed by atoms with Gasteiger partial charge in [-0.25, -0.2) is 0 Å². The van der Waals surface area contributed by atoms with E-state index in [1.165, 1.54) is 0 Å². The Labute approximate surface area is 401 Å². The van der Waals surface area contributed by atoms with Crippen molar-refractivity contribution in [1.29, 1.82) is 0 Å². The summed E-state index contributed by atoms with van der Waals surface area (Å²) in [6, 6.07) is 50.7. The summed E-state index contributed by atoms with van der Waals surface area (Å²) in [6.45, 7) is 6.93. The molecular weight excluding hydrogens is 861 g/mol. The van der Waals surface area contributed by atoms with E-state index in [1.807, 2.05) is 24.3 Å². The minimum Gasteiger partial charge on any atom is -0.497 e. The van der Waals surface area contributed by atoms with E-state index in [0.717, 1.165) is 80.7 Å². The van der Waals surface area contributed by atoms with Crippen LogP contribution in [0.2, 0.25) is 0 Å². The van der Waals surface area contributed by atoms with E-state index in [2.05, 4.69) is 131 Å². The maximum atomic E-state index is 6.00. The van der Waals surface area contributed by atoms with Crippen molar-refractivity contribution in [2.24, 2.45) is 0 Å². The Hall–Kier alpha value is -5.80. The summed E-state index contributed by atoms with van der Waals surface area (Å²) in [4.78, 5) is 4.50. The molecule has 6 aromatic rings. The third-order valence-electron chi connectivity index (χ3n) is 12.4. The quantitative estimate of drug-likeness (QED) is 0.0460. The lowest BCUT2D eigenvalue weighted by Gasteiger charge is -2.39. The molecule has 2 saturated heterocycles. The molecule has 12 heteroatoms. The largest absolute Gasteiger partial charge is 0.497 e. The molecule has 2 aliphatic rings. The second-order valence-corrected chi connectivity index (χ2v) is 17.2. The van der Waals surface area contributed by atoms with Crippen molar-refractivity contribution in [1.82, 2.24) is 0 Å². The molecule has 358 valence electrons. The number of benzene rings is 6. The molecule has 0 saturated carbocycles. The molecule has 2 heterocycles. The van der Waals surface area contributed by atoms with Crippen LogP contribution in [-0.2, 0) is 51.1 Å². The Kier molecular flexibility index (Phi) is 17.1. The number of ether oxygens (including phenoxy) is 10. The van der Waals surface area contributed by atoms with E-state index in [4.69, 9.17) is 47.4 Å². The van der Waals surface area contributed by atoms with E-state index >= 15 is 0 Å². The summed E-state index contributed by atoms with van der Waals surface area (Å²) < 4.78 is 56.3. The zero-order valence-corrected chi connectivity index (χ0v) is 39.7. The van der Waals surface area contributed by atoms with Crippen molar-refractivity contribution in [3.63, 3.8) is 0 Å². The van der Waals surface area contributed by atoms with Crippen molar-refractivity contribution in [3.05, 3.63) is 157 Å². The smallest absolute Gasteiger partial charge is 0.137 e. The summed E-state index contributed by atoms with van der Waals surface area (Å²) >= 11 is 0. The predicted molar refractivity (Wildman–Crippen MR) is 266 cm³/mol. The molecule has 0 atom stereocenters. The third kappa shape index (κ3) is 12.4. The number of methoxy groups -OCH3 is 4. The van der Waals surface area contributed by atoms with Crippen LogP contribution in [-0.4, -0.2) is 106 Å². The van der Waals surface area contributed by atoms with Crippen LogP contribution in [0.15, 0.2) is 146 Å². The maximum absolute atomic E-state index is 6.00. The highest BCUT2D eigenvalue weighted by Crippen LogP contribution is 2.39. The van der Waals surface area contributed by atoms with Crippen LogP contribution in [0.25, 0.3) is 11.1 Å². The second-order valence-electron chi connectivity index (χ2n) is 17.2. The van der Waals surface area contributed by atoms with E-state index in [9.17, 15) is 0 Å². The van der Waals surface area contributed by atoms with Gasteiger partial charge in [0, 0.05) is 74.8 Å². The Morgan fingerprint density at radius 3 is 0.956 bits per heavy atom. The van der Waals surface area contributed by atoms with Crippen molar-refractivity contribution >= 4 is 34.1 Å². The molecule has 2 aliphatic heterocycles. The lowest BCUT2D eigenvalue weighted by atomic mass is 10.0. The van der Waals surface area contributed by atoms with Crippen molar-refractivity contribution in [3.8, 4) is 22.6 Å². The lowest BCUT2D eigenvalue weighted by Crippen LogP contribution is -2.54. The van der Waals surface area contributed by atoms with Crippen molar-refractivity contribution < 1.29 is 47.4 Å². The fraction of sp³-hybridized carbons (Fsp3) is 0.357. The molecule has 6 aromatic carbocycles. The van der Waals surface area contributed by atoms with Gasteiger partial charge in [-0.1, -0.05) is 48.5 Å². The van der Waals surface area contributed by atoms with Crippen molar-refractivity contribution in [2.75, 3.05) is 104 Å². The highest BCUT2D eigenvalue weighted by molar-refractivity contribution is 5.81. The summed E-state index contributed by atoms with van der Waals surface area (Å²) in [5.41, 5.74) is 10.0. The molecule has 68 heavy (non-hydrogen) atoms. The first kappa shape index (κ1) is 48.6. The molecule has 0 bridgehead atoms. The van der Waals surface area contributed by atoms with Gasteiger partial charge < -0.3 is 57.2 Å². The molecule has 8 rings (SSSR count). The van der Waals surface area contributed by atoms with Gasteiger partial charge in [0.05, 0.1) is 67.1 Å². The van der Waals surface area contributed by atoms with E-state index in [0.29, 0.717) is 79.3 Å². The number of rotatable bonds is 27. The molecule has 0 unspecified atom stereocenters. The normalized spacial score (nSPS) is 14.7. The van der Waals surface area contributed by atoms with Crippen LogP contribution in [0.4, 0.5) is 34.1 Å². The number of hydrogen-bond donors (Lipinski definition) is 0. The van der Waals surface area contributed by atoms with E-state index in [1.54, 1.807) is 28.4 Å². The van der Waals surface area contributed by atoms with Crippen LogP contribution in [0.1, 0.15) is 24.0 Å². The Balaban J connectivity index is 0.905. The van der Waals surface area contributed by atoms with E-state index in [-0.39, 0.29) is 11.2 Å². The van der Waals surface area contributed by atoms with Crippen LogP contribution in [0, 0.1) is 0 Å². The number of anilines is 6. The fourth-order valence-electron chi connectivity index (χ4n) is 8.05. The first-order chi connectivity index (χ1) is 33.4. The van der Waals surface area contributed by atoms with Crippen LogP contribution in [0.3, 0.4) is 0 Å². The van der Waals surface area contributed by atoms with Gasteiger partial charge in [-0.2, -0.15) is 0 Å². The first-order valence-electron chi connectivity index (χ1n) is 23.3. The number of nitrogens with zero attached hydrogens (tertiary/aromatic N) is 2. The van der Waals surface area contributed by atoms with Crippen LogP contribution in [0.5, 0.6) is 11.5 Å². The zero-order valence-electron chi connectivity index (χ0n) is 39.7. The zero-order chi connectivity index (χ0) is 47.0. The van der Waals surface area contributed by atoms with Gasteiger partial charge in [-0.3, -0.25) is 0 Å². The van der Waals surface area contributed by atoms with Gasteiger partial charge in [-0.05, 0) is 132 Å². The van der Waals surface area contributed by atoms with Crippen LogP contribution >= 0.6 is 0 Å². The van der Waals surface area contributed by atoms with Gasteiger partial charge in [0.1, 0.15) is 22.7 Å². The van der Waals surface area contributed by atoms with Gasteiger partial charge in [0.2, 0.25) is 0 Å².